The molecule has 1 saturated heterocycles. The smallest absolute Gasteiger partial charge is 0.244 e. The summed E-state index contributed by atoms with van der Waals surface area (Å²) in [7, 11) is -3.77. The van der Waals surface area contributed by atoms with Crippen LogP contribution < -0.4 is 4.90 Å². The van der Waals surface area contributed by atoms with E-state index < -0.39 is 10.0 Å². The van der Waals surface area contributed by atoms with Gasteiger partial charge in [-0.25, -0.2) is 8.42 Å². The van der Waals surface area contributed by atoms with Crippen LogP contribution in [0.15, 0.2) is 32.1 Å². The Hall–Kier alpha value is -1.71. The van der Waals surface area contributed by atoms with Gasteiger partial charge in [0, 0.05) is 36.2 Å². The molecule has 0 radical (unpaired) electrons. The van der Waals surface area contributed by atoms with Crippen LogP contribution in [0, 0.1) is 0 Å². The van der Waals surface area contributed by atoms with E-state index in [0.717, 1.165) is 30.5 Å². The lowest BCUT2D eigenvalue weighted by Crippen LogP contribution is -2.31. The van der Waals surface area contributed by atoms with Crippen LogP contribution in [0.2, 0.25) is 0 Å². The van der Waals surface area contributed by atoms with E-state index in [0.29, 0.717) is 35.4 Å². The van der Waals surface area contributed by atoms with E-state index in [1.165, 1.54) is 11.2 Å². The van der Waals surface area contributed by atoms with Crippen molar-refractivity contribution in [1.82, 2.24) is 9.46 Å². The summed E-state index contributed by atoms with van der Waals surface area (Å²) in [5.74, 6) is 0.498. The van der Waals surface area contributed by atoms with Crippen molar-refractivity contribution in [3.8, 4) is 0 Å². The van der Waals surface area contributed by atoms with Gasteiger partial charge < -0.3 is 9.42 Å². The molecule has 1 aromatic carbocycles. The predicted octanol–water partition coefficient (Wildman–Crippen LogP) is 3.43. The number of carbonyl (C=O) groups is 1. The Morgan fingerprint density at radius 1 is 1.32 bits per heavy atom. The third-order valence-electron chi connectivity index (χ3n) is 5.47. The largest absolute Gasteiger partial charge is 0.359 e. The summed E-state index contributed by atoms with van der Waals surface area (Å²) < 4.78 is 34.5. The van der Waals surface area contributed by atoms with Crippen molar-refractivity contribution >= 4 is 37.5 Å². The van der Waals surface area contributed by atoms with Crippen LogP contribution in [0.25, 0.3) is 0 Å². The van der Waals surface area contributed by atoms with Gasteiger partial charge in [0.15, 0.2) is 5.76 Å². The summed E-state index contributed by atoms with van der Waals surface area (Å²) in [6, 6.07) is 4.92. The number of aromatic nitrogens is 1. The number of carbonyl (C=O) groups excluding carboxylic acids is 1. The van der Waals surface area contributed by atoms with Crippen molar-refractivity contribution in [1.29, 1.82) is 0 Å². The van der Waals surface area contributed by atoms with E-state index in [1.807, 2.05) is 19.1 Å². The number of amides is 1. The number of rotatable bonds is 4. The molecule has 2 aliphatic heterocycles. The highest BCUT2D eigenvalue weighted by Gasteiger charge is 2.40. The fourth-order valence-corrected chi connectivity index (χ4v) is 6.74. The lowest BCUT2D eigenvalue weighted by Gasteiger charge is -2.24. The lowest BCUT2D eigenvalue weighted by molar-refractivity contribution is -0.116. The van der Waals surface area contributed by atoms with Crippen molar-refractivity contribution in [3.05, 3.63) is 39.7 Å². The molecule has 0 N–H and O–H groups in total. The third-order valence-corrected chi connectivity index (χ3v) is 8.33. The molecule has 2 aliphatic rings. The van der Waals surface area contributed by atoms with Crippen LogP contribution in [0.1, 0.15) is 49.7 Å². The number of benzene rings is 1. The summed E-state index contributed by atoms with van der Waals surface area (Å²) in [5, 5.41) is 4.01. The van der Waals surface area contributed by atoms with Gasteiger partial charge in [-0.15, -0.1) is 0 Å². The summed E-state index contributed by atoms with van der Waals surface area (Å²) >= 11 is 3.44. The average Bonchev–Trinajstić information content (AvgIpc) is 3.38. The van der Waals surface area contributed by atoms with Crippen LogP contribution in [-0.4, -0.2) is 36.9 Å². The first-order chi connectivity index (χ1) is 13.3. The maximum atomic E-state index is 13.5. The van der Waals surface area contributed by atoms with Gasteiger partial charge >= 0.3 is 0 Å². The SMILES string of the molecule is CCc1cc([C@@H]2CCCN2S(=O)(=O)c2cc3c(cc2Br)CCN3C(C)=O)on1. The minimum absolute atomic E-state index is 0.0859. The Balaban J connectivity index is 1.74. The maximum absolute atomic E-state index is 13.5. The summed E-state index contributed by atoms with van der Waals surface area (Å²) in [6.07, 6.45) is 2.91. The molecular formula is C19H22BrN3O4S. The molecule has 7 nitrogen and oxygen atoms in total. The van der Waals surface area contributed by atoms with E-state index in [2.05, 4.69) is 21.1 Å². The van der Waals surface area contributed by atoms with Crippen LogP contribution in [0.5, 0.6) is 0 Å². The molecule has 0 bridgehead atoms. The fourth-order valence-electron chi connectivity index (χ4n) is 4.00. The molecule has 0 unspecified atom stereocenters. The number of sulfonamides is 1. The predicted molar refractivity (Wildman–Crippen MR) is 108 cm³/mol. The molecule has 0 spiro atoms. The number of hydrogen-bond acceptors (Lipinski definition) is 5. The van der Waals surface area contributed by atoms with Gasteiger partial charge in [-0.1, -0.05) is 12.1 Å². The van der Waals surface area contributed by atoms with Crippen molar-refractivity contribution in [2.75, 3.05) is 18.0 Å². The fraction of sp³-hybridized carbons (Fsp3) is 0.474. The molecule has 0 saturated carbocycles. The first-order valence-electron chi connectivity index (χ1n) is 9.40. The van der Waals surface area contributed by atoms with Crippen molar-refractivity contribution in [2.24, 2.45) is 0 Å². The van der Waals surface area contributed by atoms with Gasteiger partial charge in [0.05, 0.1) is 16.6 Å². The standard InChI is InChI=1S/C19H22BrN3O4S/c1-3-14-10-18(27-21-14)16-5-4-7-23(16)28(25,26)19-11-17-13(9-15(19)20)6-8-22(17)12(2)24/h9-11,16H,3-8H2,1-2H3/t16-/m0/s1. The third kappa shape index (κ3) is 3.19. The Bertz CT molecular complexity index is 1030. The van der Waals surface area contributed by atoms with Crippen LogP contribution in [0.4, 0.5) is 5.69 Å². The Kier molecular flexibility index (Phi) is 5.09. The van der Waals surface area contributed by atoms with E-state index in [-0.39, 0.29) is 16.8 Å². The topological polar surface area (TPSA) is 83.7 Å². The van der Waals surface area contributed by atoms with E-state index in [1.54, 1.807) is 11.0 Å². The lowest BCUT2D eigenvalue weighted by atomic mass is 10.1. The van der Waals surface area contributed by atoms with Gasteiger partial charge in [-0.3, -0.25) is 4.79 Å². The number of hydrogen-bond donors (Lipinski definition) is 0. The zero-order valence-corrected chi connectivity index (χ0v) is 18.2. The van der Waals surface area contributed by atoms with Crippen molar-refractivity contribution in [2.45, 2.75) is 50.5 Å². The van der Waals surface area contributed by atoms with E-state index in [4.69, 9.17) is 4.52 Å². The highest BCUT2D eigenvalue weighted by molar-refractivity contribution is 9.10. The zero-order chi connectivity index (χ0) is 20.1. The van der Waals surface area contributed by atoms with Crippen LogP contribution >= 0.6 is 15.9 Å². The minimum atomic E-state index is -3.77. The Labute approximate surface area is 172 Å². The van der Waals surface area contributed by atoms with Crippen molar-refractivity contribution < 1.29 is 17.7 Å². The second-order valence-corrected chi connectivity index (χ2v) is 9.89. The molecule has 1 atom stereocenters. The highest BCUT2D eigenvalue weighted by atomic mass is 79.9. The highest BCUT2D eigenvalue weighted by Crippen LogP contribution is 2.41. The molecular weight excluding hydrogens is 446 g/mol. The normalized spacial score (nSPS) is 20.0. The average molecular weight is 468 g/mol. The molecule has 3 heterocycles. The zero-order valence-electron chi connectivity index (χ0n) is 15.8. The monoisotopic (exact) mass is 467 g/mol. The molecule has 150 valence electrons. The Morgan fingerprint density at radius 2 is 2.11 bits per heavy atom. The van der Waals surface area contributed by atoms with Gasteiger partial charge in [-0.05, 0) is 59.3 Å². The van der Waals surface area contributed by atoms with Crippen LogP contribution in [-0.2, 0) is 27.7 Å². The molecule has 28 heavy (non-hydrogen) atoms. The van der Waals surface area contributed by atoms with Crippen molar-refractivity contribution in [3.63, 3.8) is 0 Å². The minimum Gasteiger partial charge on any atom is -0.359 e. The van der Waals surface area contributed by atoms with Gasteiger partial charge in [0.25, 0.3) is 0 Å². The molecule has 4 rings (SSSR count). The van der Waals surface area contributed by atoms with E-state index >= 15 is 0 Å². The Morgan fingerprint density at radius 3 is 2.79 bits per heavy atom. The first-order valence-corrected chi connectivity index (χ1v) is 11.6. The van der Waals surface area contributed by atoms with Gasteiger partial charge in [-0.2, -0.15) is 4.31 Å². The van der Waals surface area contributed by atoms with Gasteiger partial charge in [0.2, 0.25) is 15.9 Å². The first kappa shape index (κ1) is 19.6. The number of anilines is 1. The van der Waals surface area contributed by atoms with Crippen LogP contribution in [0.3, 0.4) is 0 Å². The number of fused-ring (bicyclic) bond motifs is 1. The molecule has 1 aromatic heterocycles. The summed E-state index contributed by atoms with van der Waals surface area (Å²) in [5.41, 5.74) is 2.47. The second kappa shape index (κ2) is 7.27. The second-order valence-electron chi connectivity index (χ2n) is 7.18. The number of halogens is 1. The molecule has 1 fully saturated rings. The molecule has 0 aliphatic carbocycles. The quantitative estimate of drug-likeness (QED) is 0.687. The maximum Gasteiger partial charge on any atom is 0.244 e. The molecule has 1 amide bonds. The number of nitrogens with zero attached hydrogens (tertiary/aromatic N) is 3. The number of aryl methyl sites for hydroxylation is 1. The molecule has 9 heteroatoms. The van der Waals surface area contributed by atoms with Gasteiger partial charge in [0.1, 0.15) is 0 Å². The summed E-state index contributed by atoms with van der Waals surface area (Å²) in [6.45, 7) is 4.48. The van der Waals surface area contributed by atoms with E-state index in [9.17, 15) is 13.2 Å². The summed E-state index contributed by atoms with van der Waals surface area (Å²) in [4.78, 5) is 13.7. The molecule has 2 aromatic rings.